The Morgan fingerprint density at radius 1 is 1.20 bits per heavy atom. The first-order valence-electron chi connectivity index (χ1n) is 7.50. The van der Waals surface area contributed by atoms with Crippen molar-refractivity contribution < 1.29 is 5.11 Å². The molecule has 1 fully saturated rings. The normalized spacial score (nSPS) is 26.6. The molecule has 20 heavy (non-hydrogen) atoms. The Balaban J connectivity index is 1.71. The van der Waals surface area contributed by atoms with Crippen LogP contribution >= 0.6 is 0 Å². The number of nitrogens with zero attached hydrogens (tertiary/aromatic N) is 2. The average molecular weight is 270 g/mol. The van der Waals surface area contributed by atoms with Crippen molar-refractivity contribution in [3.8, 4) is 5.69 Å². The minimum absolute atomic E-state index is 0.159. The third kappa shape index (κ3) is 2.93. The van der Waals surface area contributed by atoms with Gasteiger partial charge < -0.3 is 5.11 Å². The second-order valence-electron chi connectivity index (χ2n) is 6.04. The van der Waals surface area contributed by atoms with Crippen molar-refractivity contribution in [3.63, 3.8) is 0 Å². The fourth-order valence-corrected chi connectivity index (χ4v) is 3.17. The summed E-state index contributed by atoms with van der Waals surface area (Å²) in [5.41, 5.74) is 2.16. The van der Waals surface area contributed by atoms with Crippen LogP contribution in [0, 0.1) is 11.8 Å². The zero-order chi connectivity index (χ0) is 13.9. The van der Waals surface area contributed by atoms with Crippen LogP contribution in [-0.2, 0) is 6.42 Å². The van der Waals surface area contributed by atoms with Crippen LogP contribution in [0.2, 0.25) is 0 Å². The van der Waals surface area contributed by atoms with Gasteiger partial charge in [0.05, 0.1) is 17.5 Å². The van der Waals surface area contributed by atoms with Gasteiger partial charge in [0.15, 0.2) is 0 Å². The third-order valence-corrected chi connectivity index (χ3v) is 4.34. The quantitative estimate of drug-likeness (QED) is 0.930. The van der Waals surface area contributed by atoms with Crippen molar-refractivity contribution in [1.29, 1.82) is 0 Å². The summed E-state index contributed by atoms with van der Waals surface area (Å²) in [4.78, 5) is 0. The molecule has 1 aliphatic rings. The fourth-order valence-electron chi connectivity index (χ4n) is 3.17. The molecule has 0 amide bonds. The van der Waals surface area contributed by atoms with E-state index in [4.69, 9.17) is 0 Å². The molecule has 1 saturated carbocycles. The third-order valence-electron chi connectivity index (χ3n) is 4.34. The van der Waals surface area contributed by atoms with Crippen molar-refractivity contribution in [3.05, 3.63) is 48.3 Å². The molecule has 2 aromatic rings. The van der Waals surface area contributed by atoms with Gasteiger partial charge in [-0.15, -0.1) is 0 Å². The topological polar surface area (TPSA) is 38.0 Å². The van der Waals surface area contributed by atoms with Crippen LogP contribution in [0.25, 0.3) is 5.69 Å². The molecule has 0 bridgehead atoms. The fraction of sp³-hybridized carbons (Fsp3) is 0.471. The van der Waals surface area contributed by atoms with E-state index in [1.165, 1.54) is 0 Å². The van der Waals surface area contributed by atoms with Crippen LogP contribution in [0.1, 0.15) is 31.9 Å². The van der Waals surface area contributed by atoms with Gasteiger partial charge in [-0.25, -0.2) is 4.68 Å². The highest BCUT2D eigenvalue weighted by Gasteiger charge is 2.27. The molecule has 3 unspecified atom stereocenters. The Hall–Kier alpha value is -1.61. The number of hydrogen-bond donors (Lipinski definition) is 1. The van der Waals surface area contributed by atoms with E-state index in [9.17, 15) is 5.11 Å². The lowest BCUT2D eigenvalue weighted by molar-refractivity contribution is 0.0514. The molecular weight excluding hydrogens is 248 g/mol. The highest BCUT2D eigenvalue weighted by atomic mass is 16.3. The van der Waals surface area contributed by atoms with Crippen molar-refractivity contribution in [2.24, 2.45) is 11.8 Å². The molecule has 3 nitrogen and oxygen atoms in total. The maximum Gasteiger partial charge on any atom is 0.0645 e. The Kier molecular flexibility index (Phi) is 3.88. The molecule has 1 aromatic heterocycles. The highest BCUT2D eigenvalue weighted by Crippen LogP contribution is 2.31. The van der Waals surface area contributed by atoms with Crippen LogP contribution in [0.15, 0.2) is 42.6 Å². The van der Waals surface area contributed by atoms with Crippen molar-refractivity contribution in [2.45, 2.75) is 38.7 Å². The van der Waals surface area contributed by atoms with E-state index in [-0.39, 0.29) is 6.10 Å². The molecule has 1 N–H and O–H groups in total. The minimum atomic E-state index is -0.159. The van der Waals surface area contributed by atoms with E-state index in [1.807, 2.05) is 41.2 Å². The van der Waals surface area contributed by atoms with Crippen LogP contribution in [0.4, 0.5) is 0 Å². The lowest BCUT2D eigenvalue weighted by atomic mass is 9.78. The molecule has 0 spiro atoms. The second-order valence-corrected chi connectivity index (χ2v) is 6.04. The van der Waals surface area contributed by atoms with Gasteiger partial charge in [0.1, 0.15) is 0 Å². The predicted molar refractivity (Wildman–Crippen MR) is 79.8 cm³/mol. The number of benzene rings is 1. The minimum Gasteiger partial charge on any atom is -0.393 e. The monoisotopic (exact) mass is 270 g/mol. The van der Waals surface area contributed by atoms with E-state index in [1.54, 1.807) is 0 Å². The van der Waals surface area contributed by atoms with Crippen LogP contribution < -0.4 is 0 Å². The largest absolute Gasteiger partial charge is 0.393 e. The van der Waals surface area contributed by atoms with E-state index in [0.29, 0.717) is 5.92 Å². The maximum atomic E-state index is 10.1. The lowest BCUT2D eigenvalue weighted by Gasteiger charge is -2.31. The molecule has 0 aliphatic heterocycles. The molecule has 0 radical (unpaired) electrons. The van der Waals surface area contributed by atoms with Gasteiger partial charge in [0.25, 0.3) is 0 Å². The zero-order valence-electron chi connectivity index (χ0n) is 11.9. The Bertz CT molecular complexity index is 549. The first kappa shape index (κ1) is 13.4. The molecule has 3 atom stereocenters. The summed E-state index contributed by atoms with van der Waals surface area (Å²) in [6.45, 7) is 2.28. The van der Waals surface area contributed by atoms with Crippen LogP contribution in [-0.4, -0.2) is 21.0 Å². The average Bonchev–Trinajstić information content (AvgIpc) is 2.92. The Morgan fingerprint density at radius 2 is 2.00 bits per heavy atom. The summed E-state index contributed by atoms with van der Waals surface area (Å²) < 4.78 is 1.91. The lowest BCUT2D eigenvalue weighted by Crippen LogP contribution is -2.29. The van der Waals surface area contributed by atoms with Gasteiger partial charge in [-0.05, 0) is 55.7 Å². The van der Waals surface area contributed by atoms with E-state index >= 15 is 0 Å². The first-order valence-corrected chi connectivity index (χ1v) is 7.50. The number of aliphatic hydroxyl groups excluding tert-OH is 1. The summed E-state index contributed by atoms with van der Waals surface area (Å²) in [6.07, 6.45) is 5.92. The molecule has 3 heteroatoms. The summed E-state index contributed by atoms with van der Waals surface area (Å²) >= 11 is 0. The van der Waals surface area contributed by atoms with Gasteiger partial charge >= 0.3 is 0 Å². The van der Waals surface area contributed by atoms with Gasteiger partial charge in [-0.2, -0.15) is 5.10 Å². The highest BCUT2D eigenvalue weighted by molar-refractivity contribution is 5.30. The van der Waals surface area contributed by atoms with E-state index in [0.717, 1.165) is 43.0 Å². The number of para-hydroxylation sites is 1. The number of aromatic nitrogens is 2. The number of hydrogen-bond acceptors (Lipinski definition) is 2. The van der Waals surface area contributed by atoms with E-state index < -0.39 is 0 Å². The van der Waals surface area contributed by atoms with Crippen molar-refractivity contribution >= 4 is 0 Å². The second kappa shape index (κ2) is 5.80. The standard InChI is InChI=1S/C17H22N2O/c1-13-7-8-17(20)14(11-13)12-15-9-10-19(18-15)16-5-3-2-4-6-16/h2-6,9-10,13-14,17,20H,7-8,11-12H2,1H3. The van der Waals surface area contributed by atoms with E-state index in [2.05, 4.69) is 18.1 Å². The molecule has 3 rings (SSSR count). The maximum absolute atomic E-state index is 10.1. The molecule has 1 heterocycles. The molecule has 106 valence electrons. The van der Waals surface area contributed by atoms with Crippen LogP contribution in [0.5, 0.6) is 0 Å². The molecular formula is C17H22N2O. The van der Waals surface area contributed by atoms with Gasteiger partial charge in [-0.1, -0.05) is 25.1 Å². The number of aliphatic hydroxyl groups is 1. The molecule has 0 saturated heterocycles. The van der Waals surface area contributed by atoms with Gasteiger partial charge in [0.2, 0.25) is 0 Å². The zero-order valence-corrected chi connectivity index (χ0v) is 11.9. The van der Waals surface area contributed by atoms with Gasteiger partial charge in [0, 0.05) is 6.20 Å². The summed E-state index contributed by atoms with van der Waals surface area (Å²) in [6, 6.07) is 12.2. The Labute approximate surface area is 120 Å². The summed E-state index contributed by atoms with van der Waals surface area (Å²) in [5.74, 6) is 1.08. The predicted octanol–water partition coefficient (Wildman–Crippen LogP) is 3.21. The summed E-state index contributed by atoms with van der Waals surface area (Å²) in [7, 11) is 0. The number of rotatable bonds is 3. The van der Waals surface area contributed by atoms with Crippen molar-refractivity contribution in [1.82, 2.24) is 9.78 Å². The Morgan fingerprint density at radius 3 is 2.80 bits per heavy atom. The molecule has 1 aliphatic carbocycles. The SMILES string of the molecule is CC1CCC(O)C(Cc2ccn(-c3ccccc3)n2)C1. The van der Waals surface area contributed by atoms with Crippen LogP contribution in [0.3, 0.4) is 0 Å². The summed E-state index contributed by atoms with van der Waals surface area (Å²) in [5, 5.41) is 14.8. The van der Waals surface area contributed by atoms with Crippen molar-refractivity contribution in [2.75, 3.05) is 0 Å². The first-order chi connectivity index (χ1) is 9.72. The van der Waals surface area contributed by atoms with Gasteiger partial charge in [-0.3, -0.25) is 0 Å². The smallest absolute Gasteiger partial charge is 0.0645 e. The molecule has 1 aromatic carbocycles.